The molecule has 0 unspecified atom stereocenters. The van der Waals surface area contributed by atoms with Crippen LogP contribution in [0.1, 0.15) is 5.56 Å². The van der Waals surface area contributed by atoms with Crippen LogP contribution in [0.25, 0.3) is 0 Å². The second-order valence-corrected chi connectivity index (χ2v) is 5.09. The van der Waals surface area contributed by atoms with E-state index < -0.39 is 0 Å². The van der Waals surface area contributed by atoms with E-state index in [9.17, 15) is 10.2 Å². The number of aromatic hydroxyl groups is 2. The quantitative estimate of drug-likeness (QED) is 0.502. The van der Waals surface area contributed by atoms with Gasteiger partial charge in [-0.1, -0.05) is 6.07 Å². The second kappa shape index (κ2) is 7.51. The van der Waals surface area contributed by atoms with Gasteiger partial charge < -0.3 is 25.6 Å². The maximum atomic E-state index is 9.43. The van der Waals surface area contributed by atoms with Gasteiger partial charge in [0.05, 0.1) is 7.11 Å². The van der Waals surface area contributed by atoms with Crippen LogP contribution in [0.5, 0.6) is 17.2 Å². The molecule has 0 saturated carbocycles. The van der Waals surface area contributed by atoms with Crippen molar-refractivity contribution in [1.29, 1.82) is 0 Å². The molecular formula is C16H18N2O3S. The summed E-state index contributed by atoms with van der Waals surface area (Å²) in [6.45, 7) is 0.617. The van der Waals surface area contributed by atoms with E-state index in [1.54, 1.807) is 13.2 Å². The van der Waals surface area contributed by atoms with Crippen molar-refractivity contribution in [3.63, 3.8) is 0 Å². The van der Waals surface area contributed by atoms with Crippen LogP contribution in [0.15, 0.2) is 42.5 Å². The molecule has 0 amide bonds. The van der Waals surface area contributed by atoms with E-state index in [1.165, 1.54) is 12.1 Å². The fourth-order valence-electron chi connectivity index (χ4n) is 1.89. The predicted molar refractivity (Wildman–Crippen MR) is 90.7 cm³/mol. The maximum Gasteiger partial charge on any atom is 0.170 e. The van der Waals surface area contributed by atoms with E-state index in [2.05, 4.69) is 10.6 Å². The smallest absolute Gasteiger partial charge is 0.170 e. The summed E-state index contributed by atoms with van der Waals surface area (Å²) in [6, 6.07) is 12.2. The molecule has 0 aliphatic rings. The molecule has 0 fully saturated rings. The summed E-state index contributed by atoms with van der Waals surface area (Å²) in [6.07, 6.45) is 0.679. The molecular weight excluding hydrogens is 300 g/mol. The van der Waals surface area contributed by atoms with E-state index >= 15 is 0 Å². The Morgan fingerprint density at radius 1 is 1.09 bits per heavy atom. The first-order valence-corrected chi connectivity index (χ1v) is 7.19. The zero-order valence-electron chi connectivity index (χ0n) is 12.2. The lowest BCUT2D eigenvalue weighted by Gasteiger charge is -2.11. The fraction of sp³-hybridized carbons (Fsp3) is 0.188. The third-order valence-corrected chi connectivity index (χ3v) is 3.33. The van der Waals surface area contributed by atoms with Crippen LogP contribution in [0.3, 0.4) is 0 Å². The van der Waals surface area contributed by atoms with Gasteiger partial charge in [-0.15, -0.1) is 0 Å². The average molecular weight is 318 g/mol. The predicted octanol–water partition coefficient (Wildman–Crippen LogP) is 2.64. The molecule has 0 aromatic heterocycles. The topological polar surface area (TPSA) is 73.8 Å². The Kier molecular flexibility index (Phi) is 5.43. The molecule has 2 aromatic carbocycles. The molecule has 0 aliphatic carbocycles. The van der Waals surface area contributed by atoms with E-state index in [0.29, 0.717) is 18.1 Å². The number of benzene rings is 2. The highest BCUT2D eigenvalue weighted by atomic mass is 32.1. The highest BCUT2D eigenvalue weighted by molar-refractivity contribution is 7.80. The lowest BCUT2D eigenvalue weighted by molar-refractivity contribution is 0.403. The summed E-state index contributed by atoms with van der Waals surface area (Å²) in [5.41, 5.74) is 1.79. The van der Waals surface area contributed by atoms with Crippen molar-refractivity contribution in [3.8, 4) is 17.2 Å². The van der Waals surface area contributed by atoms with Crippen molar-refractivity contribution in [1.82, 2.24) is 5.32 Å². The van der Waals surface area contributed by atoms with Crippen molar-refractivity contribution in [2.75, 3.05) is 19.0 Å². The Labute approximate surface area is 134 Å². The SMILES string of the molecule is COc1ccc(NC(=S)NCCc2ccc(O)c(O)c2)cc1. The molecule has 0 bridgehead atoms. The minimum Gasteiger partial charge on any atom is -0.504 e. The summed E-state index contributed by atoms with van der Waals surface area (Å²) in [5, 5.41) is 25.4. The van der Waals surface area contributed by atoms with Crippen LogP contribution in [0.2, 0.25) is 0 Å². The van der Waals surface area contributed by atoms with Crippen molar-refractivity contribution in [3.05, 3.63) is 48.0 Å². The van der Waals surface area contributed by atoms with E-state index in [1.807, 2.05) is 24.3 Å². The number of nitrogens with one attached hydrogen (secondary N) is 2. The maximum absolute atomic E-state index is 9.43. The van der Waals surface area contributed by atoms with Crippen LogP contribution in [-0.2, 0) is 6.42 Å². The summed E-state index contributed by atoms with van der Waals surface area (Å²) >= 11 is 5.22. The minimum absolute atomic E-state index is 0.114. The number of hydrogen-bond donors (Lipinski definition) is 4. The van der Waals surface area contributed by atoms with E-state index in [4.69, 9.17) is 17.0 Å². The number of phenols is 2. The lowest BCUT2D eigenvalue weighted by Crippen LogP contribution is -2.30. The van der Waals surface area contributed by atoms with Gasteiger partial charge in [0.15, 0.2) is 16.6 Å². The van der Waals surface area contributed by atoms with Crippen molar-refractivity contribution in [2.24, 2.45) is 0 Å². The average Bonchev–Trinajstić information content (AvgIpc) is 2.51. The van der Waals surface area contributed by atoms with Gasteiger partial charge >= 0.3 is 0 Å². The standard InChI is InChI=1S/C16H18N2O3S/c1-21-13-5-3-12(4-6-13)18-16(22)17-9-8-11-2-7-14(19)15(20)10-11/h2-7,10,19-20H,8-9H2,1H3,(H2,17,18,22). The van der Waals surface area contributed by atoms with Crippen LogP contribution < -0.4 is 15.4 Å². The van der Waals surface area contributed by atoms with Gasteiger partial charge in [0.2, 0.25) is 0 Å². The van der Waals surface area contributed by atoms with E-state index in [0.717, 1.165) is 17.0 Å². The first-order valence-electron chi connectivity index (χ1n) is 6.78. The number of thiocarbonyl (C=S) groups is 1. The largest absolute Gasteiger partial charge is 0.504 e. The summed E-state index contributed by atoms with van der Waals surface area (Å²) in [4.78, 5) is 0. The van der Waals surface area contributed by atoms with Crippen molar-refractivity contribution in [2.45, 2.75) is 6.42 Å². The summed E-state index contributed by atoms with van der Waals surface area (Å²) < 4.78 is 5.09. The Bertz CT molecular complexity index is 644. The lowest BCUT2D eigenvalue weighted by atomic mass is 10.1. The second-order valence-electron chi connectivity index (χ2n) is 4.68. The van der Waals surface area contributed by atoms with Gasteiger partial charge in [0.1, 0.15) is 5.75 Å². The van der Waals surface area contributed by atoms with Crippen LogP contribution >= 0.6 is 12.2 Å². The van der Waals surface area contributed by atoms with Gasteiger partial charge in [0, 0.05) is 12.2 Å². The van der Waals surface area contributed by atoms with Gasteiger partial charge in [-0.2, -0.15) is 0 Å². The molecule has 2 rings (SSSR count). The molecule has 116 valence electrons. The third kappa shape index (κ3) is 4.53. The molecule has 0 spiro atoms. The third-order valence-electron chi connectivity index (χ3n) is 3.09. The molecule has 6 heteroatoms. The zero-order valence-corrected chi connectivity index (χ0v) is 13.0. The Balaban J connectivity index is 1.78. The normalized spacial score (nSPS) is 10.0. The molecule has 22 heavy (non-hydrogen) atoms. The number of ether oxygens (including phenoxy) is 1. The molecule has 0 saturated heterocycles. The number of rotatable bonds is 5. The molecule has 0 aliphatic heterocycles. The van der Waals surface area contributed by atoms with Crippen molar-refractivity contribution >= 4 is 23.0 Å². The molecule has 2 aromatic rings. The molecule has 0 atom stereocenters. The minimum atomic E-state index is -0.117. The highest BCUT2D eigenvalue weighted by Crippen LogP contribution is 2.24. The molecule has 5 nitrogen and oxygen atoms in total. The monoisotopic (exact) mass is 318 g/mol. The van der Waals surface area contributed by atoms with E-state index in [-0.39, 0.29) is 11.5 Å². The summed E-state index contributed by atoms with van der Waals surface area (Å²) in [5.74, 6) is 0.557. The number of phenolic OH excluding ortho intramolecular Hbond substituents is 2. The van der Waals surface area contributed by atoms with Gasteiger partial charge in [-0.05, 0) is 60.6 Å². The van der Waals surface area contributed by atoms with Gasteiger partial charge in [-0.3, -0.25) is 0 Å². The zero-order chi connectivity index (χ0) is 15.9. The number of hydrogen-bond acceptors (Lipinski definition) is 4. The van der Waals surface area contributed by atoms with Crippen molar-refractivity contribution < 1.29 is 14.9 Å². The van der Waals surface area contributed by atoms with Crippen LogP contribution in [0.4, 0.5) is 5.69 Å². The number of methoxy groups -OCH3 is 1. The first-order chi connectivity index (χ1) is 10.6. The Morgan fingerprint density at radius 2 is 1.82 bits per heavy atom. The fourth-order valence-corrected chi connectivity index (χ4v) is 2.11. The highest BCUT2D eigenvalue weighted by Gasteiger charge is 2.02. The van der Waals surface area contributed by atoms with Crippen LogP contribution in [-0.4, -0.2) is 29.0 Å². The van der Waals surface area contributed by atoms with Crippen LogP contribution in [0, 0.1) is 0 Å². The molecule has 0 radical (unpaired) electrons. The molecule has 0 heterocycles. The van der Waals surface area contributed by atoms with Gasteiger partial charge in [0.25, 0.3) is 0 Å². The Hall–Kier alpha value is -2.47. The number of anilines is 1. The van der Waals surface area contributed by atoms with Gasteiger partial charge in [-0.25, -0.2) is 0 Å². The first kappa shape index (κ1) is 15.9. The molecule has 4 N–H and O–H groups in total. The summed E-state index contributed by atoms with van der Waals surface area (Å²) in [7, 11) is 1.62. The Morgan fingerprint density at radius 3 is 2.45 bits per heavy atom.